The van der Waals surface area contributed by atoms with Crippen LogP contribution < -0.4 is 10.2 Å². The first-order chi connectivity index (χ1) is 8.00. The molecule has 1 saturated heterocycles. The zero-order valence-electron chi connectivity index (χ0n) is 9.61. The minimum Gasteiger partial charge on any atom is -0.348 e. The van der Waals surface area contributed by atoms with E-state index in [9.17, 15) is 14.0 Å². The zero-order chi connectivity index (χ0) is 12.6. The minimum atomic E-state index is -0.451. The first kappa shape index (κ1) is 11.6. The maximum Gasteiger partial charge on any atom is 0.249 e. The number of carbonyl (C=O) groups is 2. The quantitative estimate of drug-likeness (QED) is 0.742. The molecule has 1 aromatic rings. The Balaban J connectivity index is 2.37. The van der Waals surface area contributed by atoms with E-state index in [1.165, 1.54) is 12.1 Å². The molecule has 1 aliphatic heterocycles. The molecule has 2 unspecified atom stereocenters. The molecule has 90 valence electrons. The van der Waals surface area contributed by atoms with Gasteiger partial charge in [-0.3, -0.25) is 14.9 Å². The Labute approximate surface area is 98.4 Å². The van der Waals surface area contributed by atoms with Gasteiger partial charge in [-0.25, -0.2) is 4.39 Å². The monoisotopic (exact) mass is 236 g/mol. The van der Waals surface area contributed by atoms with Gasteiger partial charge in [-0.2, -0.15) is 0 Å². The number of anilines is 1. The Kier molecular flexibility index (Phi) is 2.83. The maximum atomic E-state index is 12.8. The van der Waals surface area contributed by atoms with Crippen LogP contribution >= 0.6 is 0 Å². The van der Waals surface area contributed by atoms with Gasteiger partial charge in [0.1, 0.15) is 17.9 Å². The highest BCUT2D eigenvalue weighted by molar-refractivity contribution is 6.06. The average molecular weight is 236 g/mol. The lowest BCUT2D eigenvalue weighted by Gasteiger charge is -2.38. The highest BCUT2D eigenvalue weighted by atomic mass is 19.1. The second-order valence-electron chi connectivity index (χ2n) is 4.09. The van der Waals surface area contributed by atoms with Gasteiger partial charge in [-0.1, -0.05) is 0 Å². The van der Waals surface area contributed by atoms with Crippen LogP contribution in [0.3, 0.4) is 0 Å². The van der Waals surface area contributed by atoms with Crippen LogP contribution in [0.2, 0.25) is 0 Å². The van der Waals surface area contributed by atoms with Gasteiger partial charge < -0.3 is 4.90 Å². The third-order valence-electron chi connectivity index (χ3n) is 2.96. The molecule has 0 aliphatic carbocycles. The van der Waals surface area contributed by atoms with E-state index in [1.807, 2.05) is 0 Å². The molecule has 0 radical (unpaired) electrons. The fourth-order valence-electron chi connectivity index (χ4n) is 1.98. The zero-order valence-corrected chi connectivity index (χ0v) is 9.61. The molecule has 1 heterocycles. The first-order valence-electron chi connectivity index (χ1n) is 5.39. The fraction of sp³-hybridized carbons (Fsp3) is 0.333. The summed E-state index contributed by atoms with van der Waals surface area (Å²) >= 11 is 0. The molecule has 1 aromatic carbocycles. The van der Waals surface area contributed by atoms with Gasteiger partial charge in [0.2, 0.25) is 11.8 Å². The number of nitrogens with one attached hydrogen (secondary N) is 1. The van der Waals surface area contributed by atoms with Crippen LogP contribution in [-0.4, -0.2) is 23.9 Å². The number of amides is 2. The van der Waals surface area contributed by atoms with Crippen molar-refractivity contribution in [2.45, 2.75) is 25.9 Å². The summed E-state index contributed by atoms with van der Waals surface area (Å²) in [5.41, 5.74) is 0.662. The molecular weight excluding hydrogens is 223 g/mol. The topological polar surface area (TPSA) is 49.4 Å². The lowest BCUT2D eigenvalue weighted by Crippen LogP contribution is -2.61. The number of imide groups is 1. The summed E-state index contributed by atoms with van der Waals surface area (Å²) in [4.78, 5) is 24.8. The summed E-state index contributed by atoms with van der Waals surface area (Å²) in [6.07, 6.45) is 0. The van der Waals surface area contributed by atoms with Gasteiger partial charge in [0.25, 0.3) is 0 Å². The van der Waals surface area contributed by atoms with Crippen molar-refractivity contribution in [3.63, 3.8) is 0 Å². The van der Waals surface area contributed by atoms with Crippen molar-refractivity contribution < 1.29 is 14.0 Å². The number of benzene rings is 1. The van der Waals surface area contributed by atoms with Crippen molar-refractivity contribution in [2.75, 3.05) is 4.90 Å². The van der Waals surface area contributed by atoms with Crippen molar-refractivity contribution in [3.05, 3.63) is 30.1 Å². The molecule has 2 rings (SSSR count). The summed E-state index contributed by atoms with van der Waals surface area (Å²) < 4.78 is 12.8. The number of carbonyl (C=O) groups excluding carboxylic acids is 2. The molecule has 0 saturated carbocycles. The van der Waals surface area contributed by atoms with Crippen molar-refractivity contribution in [1.29, 1.82) is 0 Å². The van der Waals surface area contributed by atoms with Gasteiger partial charge in [0.05, 0.1) is 0 Å². The Morgan fingerprint density at radius 1 is 1.06 bits per heavy atom. The van der Waals surface area contributed by atoms with Crippen LogP contribution in [0.25, 0.3) is 0 Å². The predicted octanol–water partition coefficient (Wildman–Crippen LogP) is 1.07. The molecular formula is C12H13FN2O2. The second-order valence-corrected chi connectivity index (χ2v) is 4.09. The molecule has 2 amide bonds. The van der Waals surface area contributed by atoms with Gasteiger partial charge in [-0.15, -0.1) is 0 Å². The number of hydrogen-bond donors (Lipinski definition) is 1. The molecule has 17 heavy (non-hydrogen) atoms. The summed E-state index contributed by atoms with van der Waals surface area (Å²) in [6, 6.07) is 4.85. The highest BCUT2D eigenvalue weighted by Crippen LogP contribution is 2.23. The van der Waals surface area contributed by atoms with Crippen LogP contribution in [0.4, 0.5) is 10.1 Å². The maximum absolute atomic E-state index is 12.8. The normalized spacial score (nSPS) is 24.8. The van der Waals surface area contributed by atoms with Gasteiger partial charge >= 0.3 is 0 Å². The van der Waals surface area contributed by atoms with Gasteiger partial charge in [-0.05, 0) is 38.1 Å². The van der Waals surface area contributed by atoms with E-state index < -0.39 is 12.1 Å². The van der Waals surface area contributed by atoms with Crippen molar-refractivity contribution in [1.82, 2.24) is 5.32 Å². The van der Waals surface area contributed by atoms with Crippen LogP contribution in [0, 0.1) is 5.82 Å². The van der Waals surface area contributed by atoms with E-state index in [2.05, 4.69) is 5.32 Å². The van der Waals surface area contributed by atoms with Gasteiger partial charge in [0, 0.05) is 5.69 Å². The van der Waals surface area contributed by atoms with Crippen LogP contribution in [0.5, 0.6) is 0 Å². The second kappa shape index (κ2) is 4.16. The van der Waals surface area contributed by atoms with Crippen LogP contribution in [0.15, 0.2) is 24.3 Å². The standard InChI is InChI=1S/C12H13FN2O2/c1-7-11(16)14-12(17)8(2)15(7)10-5-3-9(13)4-6-10/h3-8H,1-2H3,(H,14,16,17). The third kappa shape index (κ3) is 2.00. The van der Waals surface area contributed by atoms with E-state index >= 15 is 0 Å². The van der Waals surface area contributed by atoms with Gasteiger partial charge in [0.15, 0.2) is 0 Å². The Hall–Kier alpha value is -1.91. The predicted molar refractivity (Wildman–Crippen MR) is 61.0 cm³/mol. The Morgan fingerprint density at radius 3 is 2.00 bits per heavy atom. The third-order valence-corrected chi connectivity index (χ3v) is 2.96. The molecule has 2 atom stereocenters. The largest absolute Gasteiger partial charge is 0.348 e. The molecule has 5 heteroatoms. The summed E-state index contributed by atoms with van der Waals surface area (Å²) in [7, 11) is 0. The lowest BCUT2D eigenvalue weighted by molar-refractivity contribution is -0.134. The molecule has 1 fully saturated rings. The number of halogens is 1. The SMILES string of the molecule is CC1C(=O)NC(=O)C(C)N1c1ccc(F)cc1. The summed E-state index contributed by atoms with van der Waals surface area (Å²) in [5, 5.41) is 2.30. The molecule has 0 spiro atoms. The Morgan fingerprint density at radius 2 is 1.53 bits per heavy atom. The summed E-state index contributed by atoms with van der Waals surface area (Å²) in [5.74, 6) is -1.02. The van der Waals surface area contributed by atoms with E-state index in [-0.39, 0.29) is 17.6 Å². The smallest absolute Gasteiger partial charge is 0.249 e. The van der Waals surface area contributed by atoms with Crippen LogP contribution in [-0.2, 0) is 9.59 Å². The minimum absolute atomic E-state index is 0.336. The fourth-order valence-corrected chi connectivity index (χ4v) is 1.98. The van der Waals surface area contributed by atoms with Crippen LogP contribution in [0.1, 0.15) is 13.8 Å². The molecule has 0 bridgehead atoms. The molecule has 1 N–H and O–H groups in total. The molecule has 4 nitrogen and oxygen atoms in total. The number of rotatable bonds is 1. The highest BCUT2D eigenvalue weighted by Gasteiger charge is 2.36. The lowest BCUT2D eigenvalue weighted by atomic mass is 10.1. The first-order valence-corrected chi connectivity index (χ1v) is 5.39. The van der Waals surface area contributed by atoms with Crippen molar-refractivity contribution in [3.8, 4) is 0 Å². The number of nitrogens with zero attached hydrogens (tertiary/aromatic N) is 1. The Bertz CT molecular complexity index is 438. The van der Waals surface area contributed by atoms with E-state index in [0.717, 1.165) is 0 Å². The van der Waals surface area contributed by atoms with E-state index in [1.54, 1.807) is 30.9 Å². The van der Waals surface area contributed by atoms with Crippen molar-refractivity contribution in [2.24, 2.45) is 0 Å². The average Bonchev–Trinajstić information content (AvgIpc) is 2.29. The molecule has 1 aliphatic rings. The van der Waals surface area contributed by atoms with Crippen molar-refractivity contribution >= 4 is 17.5 Å². The van der Waals surface area contributed by atoms with E-state index in [4.69, 9.17) is 0 Å². The number of hydrogen-bond acceptors (Lipinski definition) is 3. The molecule has 0 aromatic heterocycles. The van der Waals surface area contributed by atoms with E-state index in [0.29, 0.717) is 5.69 Å². The summed E-state index contributed by atoms with van der Waals surface area (Å²) in [6.45, 7) is 3.42. The number of piperazine rings is 1.